The topological polar surface area (TPSA) is 83.9 Å². The van der Waals surface area contributed by atoms with Gasteiger partial charge in [-0.3, -0.25) is 10.1 Å². The van der Waals surface area contributed by atoms with Crippen molar-refractivity contribution in [3.05, 3.63) is 53.7 Å². The van der Waals surface area contributed by atoms with Crippen molar-refractivity contribution in [1.82, 2.24) is 20.4 Å². The monoisotopic (exact) mass is 440 g/mol. The number of carbonyl (C=O) groups excluding carboxylic acids is 1. The van der Waals surface area contributed by atoms with Crippen molar-refractivity contribution in [2.24, 2.45) is 5.92 Å². The van der Waals surface area contributed by atoms with E-state index in [0.29, 0.717) is 11.0 Å². The van der Waals surface area contributed by atoms with Crippen molar-refractivity contribution in [3.8, 4) is 0 Å². The van der Waals surface area contributed by atoms with Crippen molar-refractivity contribution in [1.29, 1.82) is 0 Å². The number of carbonyl (C=O) groups is 1. The number of aromatic nitrogens is 4. The van der Waals surface area contributed by atoms with Crippen LogP contribution in [-0.2, 0) is 6.42 Å². The van der Waals surface area contributed by atoms with Gasteiger partial charge in [0.1, 0.15) is 0 Å². The fraction of sp³-hybridized carbons (Fsp3) is 0.381. The Morgan fingerprint density at radius 1 is 1.10 bits per heavy atom. The molecule has 0 saturated carbocycles. The number of amides is 1. The number of thioether (sulfide) groups is 1. The number of hydrogen-bond donors (Lipinski definition) is 1. The zero-order valence-electron chi connectivity index (χ0n) is 16.8. The maximum absolute atomic E-state index is 12.4. The molecule has 1 saturated heterocycles. The van der Waals surface area contributed by atoms with Crippen molar-refractivity contribution in [2.75, 3.05) is 29.1 Å². The summed E-state index contributed by atoms with van der Waals surface area (Å²) in [5, 5.41) is 19.7. The minimum Gasteiger partial charge on any atom is -0.355 e. The molecule has 1 fully saturated rings. The van der Waals surface area contributed by atoms with Gasteiger partial charge >= 0.3 is 0 Å². The Kier molecular flexibility index (Phi) is 6.91. The Labute approximate surface area is 184 Å². The van der Waals surface area contributed by atoms with Crippen molar-refractivity contribution in [3.63, 3.8) is 0 Å². The van der Waals surface area contributed by atoms with E-state index in [-0.39, 0.29) is 11.6 Å². The van der Waals surface area contributed by atoms with E-state index in [4.69, 9.17) is 0 Å². The van der Waals surface area contributed by atoms with Crippen LogP contribution in [0.25, 0.3) is 0 Å². The zero-order valence-corrected chi connectivity index (χ0v) is 18.5. The number of anilines is 2. The van der Waals surface area contributed by atoms with Crippen LogP contribution in [0.4, 0.5) is 10.9 Å². The molecule has 0 bridgehead atoms. The molecule has 1 aliphatic rings. The number of rotatable bonds is 7. The Morgan fingerprint density at radius 3 is 2.60 bits per heavy atom. The number of nitrogens with one attached hydrogen (secondary N) is 1. The van der Waals surface area contributed by atoms with Gasteiger partial charge in [-0.2, -0.15) is 0 Å². The summed E-state index contributed by atoms with van der Waals surface area (Å²) >= 11 is 2.96. The molecule has 1 aliphatic heterocycles. The van der Waals surface area contributed by atoms with Gasteiger partial charge < -0.3 is 4.90 Å². The maximum Gasteiger partial charge on any atom is 0.278 e. The molecule has 30 heavy (non-hydrogen) atoms. The van der Waals surface area contributed by atoms with Crippen LogP contribution in [0.3, 0.4) is 0 Å². The van der Waals surface area contributed by atoms with Crippen molar-refractivity contribution in [2.45, 2.75) is 30.5 Å². The molecule has 3 heterocycles. The third-order valence-electron chi connectivity index (χ3n) is 5.08. The van der Waals surface area contributed by atoms with Gasteiger partial charge in [-0.25, -0.2) is 0 Å². The molecule has 9 heteroatoms. The molecular weight excluding hydrogens is 416 g/mol. The van der Waals surface area contributed by atoms with Gasteiger partial charge in [-0.15, -0.1) is 20.4 Å². The summed E-state index contributed by atoms with van der Waals surface area (Å²) in [4.78, 5) is 14.6. The average Bonchev–Trinajstić information content (AvgIpc) is 3.22. The summed E-state index contributed by atoms with van der Waals surface area (Å²) in [6.07, 6.45) is 3.39. The second kappa shape index (κ2) is 9.99. The highest BCUT2D eigenvalue weighted by molar-refractivity contribution is 8.01. The Hall–Kier alpha value is -2.52. The predicted molar refractivity (Wildman–Crippen MR) is 121 cm³/mol. The van der Waals surface area contributed by atoms with E-state index < -0.39 is 0 Å². The third-order valence-corrected chi connectivity index (χ3v) is 6.94. The minimum atomic E-state index is -0.320. The second-order valence-electron chi connectivity index (χ2n) is 7.16. The molecule has 0 spiro atoms. The first-order chi connectivity index (χ1) is 14.7. The molecule has 2 aromatic heterocycles. The molecule has 0 unspecified atom stereocenters. The first-order valence-electron chi connectivity index (χ1n) is 10.1. The molecule has 7 nitrogen and oxygen atoms in total. The molecule has 4 rings (SSSR count). The van der Waals surface area contributed by atoms with E-state index in [9.17, 15) is 4.79 Å². The van der Waals surface area contributed by atoms with Gasteiger partial charge in [0.05, 0.1) is 0 Å². The molecule has 1 amide bonds. The van der Waals surface area contributed by atoms with E-state index in [0.717, 1.165) is 48.3 Å². The normalized spacial score (nSPS) is 14.6. The first-order valence-corrected chi connectivity index (χ1v) is 11.9. The van der Waals surface area contributed by atoms with Crippen LogP contribution < -0.4 is 10.2 Å². The van der Waals surface area contributed by atoms with Crippen molar-refractivity contribution < 1.29 is 4.79 Å². The summed E-state index contributed by atoms with van der Waals surface area (Å²) in [5.74, 6) is 2.12. The highest BCUT2D eigenvalue weighted by atomic mass is 32.2. The fourth-order valence-electron chi connectivity index (χ4n) is 3.53. The van der Waals surface area contributed by atoms with Gasteiger partial charge in [0.25, 0.3) is 5.91 Å². The lowest BCUT2D eigenvalue weighted by molar-refractivity contribution is 0.102. The number of piperidine rings is 1. The van der Waals surface area contributed by atoms with E-state index in [1.54, 1.807) is 17.8 Å². The molecule has 156 valence electrons. The highest BCUT2D eigenvalue weighted by Gasteiger charge is 2.21. The molecule has 1 aromatic carbocycles. The van der Waals surface area contributed by atoms with E-state index in [2.05, 4.69) is 60.9 Å². The summed E-state index contributed by atoms with van der Waals surface area (Å²) in [5.41, 5.74) is 1.68. The lowest BCUT2D eigenvalue weighted by Gasteiger charge is -2.32. The first kappa shape index (κ1) is 20.7. The highest BCUT2D eigenvalue weighted by Crippen LogP contribution is 2.26. The summed E-state index contributed by atoms with van der Waals surface area (Å²) < 4.78 is 0.838. The summed E-state index contributed by atoms with van der Waals surface area (Å²) in [7, 11) is 0. The second-order valence-corrected chi connectivity index (χ2v) is 9.65. The lowest BCUT2D eigenvalue weighted by atomic mass is 9.90. The fourth-order valence-corrected chi connectivity index (χ4v) is 5.18. The largest absolute Gasteiger partial charge is 0.355 e. The zero-order chi connectivity index (χ0) is 20.8. The summed E-state index contributed by atoms with van der Waals surface area (Å²) in [6, 6.07) is 14.3. The lowest BCUT2D eigenvalue weighted by Crippen LogP contribution is -2.35. The maximum atomic E-state index is 12.4. The molecule has 0 aliphatic carbocycles. The number of benzene rings is 1. The summed E-state index contributed by atoms with van der Waals surface area (Å²) in [6.45, 7) is 3.97. The van der Waals surface area contributed by atoms with Crippen LogP contribution in [0, 0.1) is 5.92 Å². The van der Waals surface area contributed by atoms with Gasteiger partial charge in [0.15, 0.2) is 15.9 Å². The average molecular weight is 441 g/mol. The van der Waals surface area contributed by atoms with Crippen LogP contribution in [0.5, 0.6) is 0 Å². The van der Waals surface area contributed by atoms with Gasteiger partial charge in [-0.05, 0) is 48.6 Å². The van der Waals surface area contributed by atoms with Crippen molar-refractivity contribution >= 4 is 40.0 Å². The minimum absolute atomic E-state index is 0.276. The van der Waals surface area contributed by atoms with Crippen LogP contribution in [0.15, 0.2) is 46.8 Å². The van der Waals surface area contributed by atoms with E-state index in [1.807, 2.05) is 13.0 Å². The van der Waals surface area contributed by atoms with E-state index in [1.165, 1.54) is 16.9 Å². The quantitative estimate of drug-likeness (QED) is 0.436. The number of hydrogen-bond acceptors (Lipinski definition) is 8. The Balaban J connectivity index is 1.29. The molecule has 3 aromatic rings. The SMILES string of the molecule is CCSc1nnc(NC(=O)c2ccc(N3CCC(Cc4ccccc4)CC3)nn2)s1. The number of nitrogens with zero attached hydrogens (tertiary/aromatic N) is 5. The standard InChI is InChI=1S/C21H24N6OS2/c1-2-29-21-26-25-20(30-21)22-19(28)17-8-9-18(24-23-17)27-12-10-16(11-13-27)14-15-6-4-3-5-7-15/h3-9,16H,2,10-14H2,1H3,(H,22,25,28). The van der Waals surface area contributed by atoms with Gasteiger partial charge in [-0.1, -0.05) is 60.4 Å². The Bertz CT molecular complexity index is 955. The predicted octanol–water partition coefficient (Wildman–Crippen LogP) is 4.15. The van der Waals surface area contributed by atoms with E-state index >= 15 is 0 Å². The molecule has 1 N–H and O–H groups in total. The van der Waals surface area contributed by atoms with Crippen LogP contribution in [0.1, 0.15) is 35.8 Å². The Morgan fingerprint density at radius 2 is 1.90 bits per heavy atom. The van der Waals surface area contributed by atoms with Crippen LogP contribution in [0.2, 0.25) is 0 Å². The smallest absolute Gasteiger partial charge is 0.278 e. The third kappa shape index (κ3) is 5.34. The molecule has 0 atom stereocenters. The molecular formula is C21H24N6OS2. The van der Waals surface area contributed by atoms with Crippen LogP contribution >= 0.6 is 23.1 Å². The van der Waals surface area contributed by atoms with Crippen LogP contribution in [-0.4, -0.2) is 45.1 Å². The molecule has 0 radical (unpaired) electrons. The van der Waals surface area contributed by atoms with Gasteiger partial charge in [0.2, 0.25) is 5.13 Å². The van der Waals surface area contributed by atoms with Gasteiger partial charge in [0, 0.05) is 13.1 Å².